The molecule has 1 fully saturated rings. The van der Waals surface area contributed by atoms with Gasteiger partial charge in [-0.3, -0.25) is 0 Å². The Bertz CT molecular complexity index is 1030. The van der Waals surface area contributed by atoms with Gasteiger partial charge in [0.15, 0.2) is 5.82 Å². The number of aromatic nitrogens is 6. The zero-order valence-corrected chi connectivity index (χ0v) is 16.7. The van der Waals surface area contributed by atoms with E-state index >= 15 is 0 Å². The van der Waals surface area contributed by atoms with E-state index in [1.165, 1.54) is 0 Å². The fourth-order valence-corrected chi connectivity index (χ4v) is 3.92. The molecule has 0 radical (unpaired) electrons. The molecule has 9 heteroatoms. The van der Waals surface area contributed by atoms with Crippen LogP contribution in [0.25, 0.3) is 11.0 Å². The molecule has 0 spiro atoms. The molecular weight excluding hydrogens is 382 g/mol. The molecule has 0 aliphatic carbocycles. The molecule has 1 aliphatic rings. The van der Waals surface area contributed by atoms with Crippen molar-refractivity contribution in [3.63, 3.8) is 0 Å². The number of ether oxygens (including phenoxy) is 1. The van der Waals surface area contributed by atoms with Crippen molar-refractivity contribution in [1.29, 1.82) is 0 Å². The lowest BCUT2D eigenvalue weighted by atomic mass is 10.1. The smallest absolute Gasteiger partial charge is 0.176 e. The van der Waals surface area contributed by atoms with Gasteiger partial charge in [0.05, 0.1) is 19.0 Å². The molecule has 0 amide bonds. The maximum atomic E-state index is 6.16. The van der Waals surface area contributed by atoms with Crippen LogP contribution in [-0.4, -0.2) is 49.0 Å². The summed E-state index contributed by atoms with van der Waals surface area (Å²) in [4.78, 5) is 4.09. The van der Waals surface area contributed by atoms with Gasteiger partial charge < -0.3 is 19.0 Å². The lowest BCUT2D eigenvalue weighted by Crippen LogP contribution is -2.28. The van der Waals surface area contributed by atoms with Crippen molar-refractivity contribution in [2.45, 2.75) is 44.5 Å². The minimum atomic E-state index is -0.239. The van der Waals surface area contributed by atoms with Gasteiger partial charge in [-0.15, -0.1) is 5.10 Å². The van der Waals surface area contributed by atoms with E-state index in [2.05, 4.69) is 36.5 Å². The van der Waals surface area contributed by atoms with Crippen molar-refractivity contribution in [1.82, 2.24) is 35.1 Å². The van der Waals surface area contributed by atoms with E-state index in [0.29, 0.717) is 6.54 Å². The van der Waals surface area contributed by atoms with Crippen molar-refractivity contribution >= 4 is 11.0 Å². The normalized spacial score (nSPS) is 17.7. The molecule has 30 heavy (non-hydrogen) atoms. The highest BCUT2D eigenvalue weighted by molar-refractivity contribution is 5.77. The topological polar surface area (TPSA) is 95.8 Å². The molecule has 156 valence electrons. The monoisotopic (exact) mass is 407 g/mol. The lowest BCUT2D eigenvalue weighted by molar-refractivity contribution is 0.0922. The number of nitrogens with zero attached hydrogens (tertiary/aromatic N) is 6. The highest BCUT2D eigenvalue weighted by Crippen LogP contribution is 2.27. The SMILES string of the molecule is c1ccc2oc(C(NCCCn3ccnc3)c3nnnn3C[C@@H]3CCCO3)cc2c1. The van der Waals surface area contributed by atoms with Gasteiger partial charge in [0.1, 0.15) is 17.4 Å². The largest absolute Gasteiger partial charge is 0.459 e. The van der Waals surface area contributed by atoms with Crippen molar-refractivity contribution in [3.8, 4) is 0 Å². The maximum Gasteiger partial charge on any atom is 0.176 e. The fourth-order valence-electron chi connectivity index (χ4n) is 3.92. The summed E-state index contributed by atoms with van der Waals surface area (Å²) < 4.78 is 15.9. The zero-order chi connectivity index (χ0) is 20.2. The first-order chi connectivity index (χ1) is 14.9. The Labute approximate surface area is 174 Å². The lowest BCUT2D eigenvalue weighted by Gasteiger charge is -2.17. The van der Waals surface area contributed by atoms with Crippen LogP contribution in [0.3, 0.4) is 0 Å². The number of imidazole rings is 1. The number of hydrogen-bond donors (Lipinski definition) is 1. The molecule has 4 heterocycles. The Morgan fingerprint density at radius 1 is 1.27 bits per heavy atom. The number of hydrogen-bond acceptors (Lipinski definition) is 7. The molecule has 1 aromatic carbocycles. The van der Waals surface area contributed by atoms with Gasteiger partial charge in [0.25, 0.3) is 0 Å². The van der Waals surface area contributed by atoms with Crippen LogP contribution in [0.5, 0.6) is 0 Å². The third-order valence-electron chi connectivity index (χ3n) is 5.45. The molecule has 2 atom stereocenters. The van der Waals surface area contributed by atoms with E-state index < -0.39 is 0 Å². The molecular formula is C21H25N7O2. The average molecular weight is 407 g/mol. The number of furan rings is 1. The van der Waals surface area contributed by atoms with Crippen molar-refractivity contribution in [3.05, 3.63) is 60.6 Å². The van der Waals surface area contributed by atoms with Crippen LogP contribution < -0.4 is 5.32 Å². The third-order valence-corrected chi connectivity index (χ3v) is 5.45. The first-order valence-corrected chi connectivity index (χ1v) is 10.4. The number of aryl methyl sites for hydroxylation is 1. The summed E-state index contributed by atoms with van der Waals surface area (Å²) in [6.45, 7) is 3.13. The minimum Gasteiger partial charge on any atom is -0.459 e. The number of rotatable bonds is 9. The van der Waals surface area contributed by atoms with E-state index in [0.717, 1.165) is 61.5 Å². The number of tetrazole rings is 1. The van der Waals surface area contributed by atoms with Crippen molar-refractivity contribution in [2.75, 3.05) is 13.2 Å². The summed E-state index contributed by atoms with van der Waals surface area (Å²) in [6.07, 6.45) is 8.82. The summed E-state index contributed by atoms with van der Waals surface area (Å²) in [7, 11) is 0. The van der Waals surface area contributed by atoms with Crippen LogP contribution in [0.1, 0.15) is 36.9 Å². The molecule has 0 bridgehead atoms. The Kier molecular flexibility index (Phi) is 5.54. The predicted octanol–water partition coefficient (Wildman–Crippen LogP) is 2.56. The third kappa shape index (κ3) is 4.12. The number of nitrogens with one attached hydrogen (secondary N) is 1. The van der Waals surface area contributed by atoms with E-state index in [1.807, 2.05) is 41.5 Å². The molecule has 1 aliphatic heterocycles. The summed E-state index contributed by atoms with van der Waals surface area (Å²) in [5.41, 5.74) is 0.857. The first-order valence-electron chi connectivity index (χ1n) is 10.4. The van der Waals surface area contributed by atoms with Crippen LogP contribution in [0, 0.1) is 0 Å². The second-order valence-electron chi connectivity index (χ2n) is 7.58. The average Bonchev–Trinajstić information content (AvgIpc) is 3.56. The molecule has 1 saturated heterocycles. The quantitative estimate of drug-likeness (QED) is 0.426. The van der Waals surface area contributed by atoms with Crippen LogP contribution in [0.2, 0.25) is 0 Å². The summed E-state index contributed by atoms with van der Waals surface area (Å²) in [6, 6.07) is 9.84. The Hall–Kier alpha value is -3.04. The second-order valence-corrected chi connectivity index (χ2v) is 7.58. The van der Waals surface area contributed by atoms with Gasteiger partial charge in [-0.2, -0.15) is 0 Å². The van der Waals surface area contributed by atoms with Crippen molar-refractivity contribution in [2.24, 2.45) is 0 Å². The molecule has 0 saturated carbocycles. The van der Waals surface area contributed by atoms with Gasteiger partial charge in [-0.1, -0.05) is 18.2 Å². The van der Waals surface area contributed by atoms with E-state index in [9.17, 15) is 0 Å². The van der Waals surface area contributed by atoms with Gasteiger partial charge in [-0.25, -0.2) is 9.67 Å². The minimum absolute atomic E-state index is 0.157. The van der Waals surface area contributed by atoms with Crippen LogP contribution in [-0.2, 0) is 17.8 Å². The predicted molar refractivity (Wildman–Crippen MR) is 110 cm³/mol. The molecule has 1 N–H and O–H groups in total. The Morgan fingerprint density at radius 2 is 2.23 bits per heavy atom. The standard InChI is InChI=1S/C21H25N7O2/c1-2-7-18-16(5-1)13-19(30-18)20(23-8-4-10-27-11-9-22-15-27)21-24-25-26-28(21)14-17-6-3-12-29-17/h1-2,5,7,9,11,13,15,17,20,23H,3-4,6,8,10,12,14H2/t17-,20?/m0/s1. The first kappa shape index (κ1) is 19.0. The van der Waals surface area contributed by atoms with E-state index in [-0.39, 0.29) is 12.1 Å². The maximum absolute atomic E-state index is 6.16. The van der Waals surface area contributed by atoms with Crippen LogP contribution in [0.4, 0.5) is 0 Å². The van der Waals surface area contributed by atoms with E-state index in [1.54, 1.807) is 6.20 Å². The van der Waals surface area contributed by atoms with Crippen LogP contribution in [0.15, 0.2) is 53.5 Å². The van der Waals surface area contributed by atoms with Gasteiger partial charge in [-0.05, 0) is 48.4 Å². The summed E-state index contributed by atoms with van der Waals surface area (Å²) in [5, 5.41) is 17.2. The number of benzene rings is 1. The fraction of sp³-hybridized carbons (Fsp3) is 0.429. The molecule has 4 aromatic rings. The van der Waals surface area contributed by atoms with E-state index in [4.69, 9.17) is 9.15 Å². The summed E-state index contributed by atoms with van der Waals surface area (Å²) >= 11 is 0. The number of para-hydroxylation sites is 1. The van der Waals surface area contributed by atoms with Gasteiger partial charge in [0, 0.05) is 30.9 Å². The van der Waals surface area contributed by atoms with Crippen molar-refractivity contribution < 1.29 is 9.15 Å². The highest BCUT2D eigenvalue weighted by atomic mass is 16.5. The number of fused-ring (bicyclic) bond motifs is 1. The molecule has 9 nitrogen and oxygen atoms in total. The Balaban J connectivity index is 1.37. The van der Waals surface area contributed by atoms with Crippen LogP contribution >= 0.6 is 0 Å². The second kappa shape index (κ2) is 8.76. The zero-order valence-electron chi connectivity index (χ0n) is 16.7. The van der Waals surface area contributed by atoms with Gasteiger partial charge in [0.2, 0.25) is 0 Å². The summed E-state index contributed by atoms with van der Waals surface area (Å²) in [5.74, 6) is 1.55. The molecule has 1 unspecified atom stereocenters. The highest BCUT2D eigenvalue weighted by Gasteiger charge is 2.26. The molecule has 5 rings (SSSR count). The molecule has 3 aromatic heterocycles. The Morgan fingerprint density at radius 3 is 3.07 bits per heavy atom. The van der Waals surface area contributed by atoms with Gasteiger partial charge >= 0.3 is 0 Å².